The topological polar surface area (TPSA) is 100 Å². The van der Waals surface area contributed by atoms with Gasteiger partial charge in [0.15, 0.2) is 0 Å². The van der Waals surface area contributed by atoms with Crippen LogP contribution in [0.5, 0.6) is 0 Å². The number of hydrogen-bond acceptors (Lipinski definition) is 4. The molecule has 0 N–H and O–H groups in total. The van der Waals surface area contributed by atoms with Crippen molar-refractivity contribution in [2.75, 3.05) is 6.61 Å². The van der Waals surface area contributed by atoms with Crippen molar-refractivity contribution in [2.24, 2.45) is 0 Å². The summed E-state index contributed by atoms with van der Waals surface area (Å²) in [5.74, 6) is -1.10. The van der Waals surface area contributed by atoms with Crippen LogP contribution in [0.2, 0.25) is 0 Å². The molecule has 114 valence electrons. The van der Waals surface area contributed by atoms with E-state index in [1.165, 1.54) is 17.1 Å². The minimum absolute atomic E-state index is 0.237. The lowest BCUT2D eigenvalue weighted by molar-refractivity contribution is -0.139. The summed E-state index contributed by atoms with van der Waals surface area (Å²) in [7, 11) is 0. The van der Waals surface area contributed by atoms with Crippen LogP contribution >= 0.6 is 0 Å². The zero-order valence-corrected chi connectivity index (χ0v) is 12.0. The van der Waals surface area contributed by atoms with Gasteiger partial charge in [0, 0.05) is 12.2 Å². The molecule has 0 unspecified atom stereocenters. The Morgan fingerprint density at radius 3 is 2.32 bits per heavy atom. The summed E-state index contributed by atoms with van der Waals surface area (Å²) >= 11 is 0. The average molecular weight is 301 g/mol. The number of imide groups is 1. The van der Waals surface area contributed by atoms with Crippen LogP contribution in [0.25, 0.3) is 5.53 Å². The van der Waals surface area contributed by atoms with Crippen LogP contribution in [-0.2, 0) is 25.7 Å². The lowest BCUT2D eigenvalue weighted by atomic mass is 10.2. The smallest absolute Gasteiger partial charge is 0.413 e. The molecule has 1 aliphatic rings. The standard InChI is InChI=1S/C11H9NO2.C4H6N2O2/c13-10-6-7-11(14)12(10)8-9-4-2-1-3-5-9;1-2-8-4(7)3-6-5/h1-7H,8H2;3H,2H2,1H3. The van der Waals surface area contributed by atoms with Crippen molar-refractivity contribution in [3.05, 3.63) is 53.6 Å². The average Bonchev–Trinajstić information content (AvgIpc) is 2.82. The van der Waals surface area contributed by atoms with Crippen molar-refractivity contribution >= 4 is 24.0 Å². The van der Waals surface area contributed by atoms with Gasteiger partial charge in [0.2, 0.25) is 0 Å². The van der Waals surface area contributed by atoms with Gasteiger partial charge in [0.05, 0.1) is 13.2 Å². The fraction of sp³-hybridized carbons (Fsp3) is 0.200. The maximum absolute atomic E-state index is 11.2. The van der Waals surface area contributed by atoms with Crippen molar-refractivity contribution in [3.8, 4) is 0 Å². The molecule has 2 rings (SSSR count). The highest BCUT2D eigenvalue weighted by Crippen LogP contribution is 2.09. The van der Waals surface area contributed by atoms with Gasteiger partial charge in [-0.1, -0.05) is 30.3 Å². The highest BCUT2D eigenvalue weighted by Gasteiger charge is 2.22. The molecule has 0 radical (unpaired) electrons. The van der Waals surface area contributed by atoms with Crippen LogP contribution in [0.1, 0.15) is 12.5 Å². The van der Waals surface area contributed by atoms with Crippen LogP contribution in [-0.4, -0.2) is 40.3 Å². The van der Waals surface area contributed by atoms with Crippen molar-refractivity contribution in [1.29, 1.82) is 0 Å². The fourth-order valence-electron chi connectivity index (χ4n) is 1.58. The largest absolute Gasteiger partial charge is 0.458 e. The SMILES string of the molecule is CCOC(=O)C=[N+]=[N-].O=C1C=CC(=O)N1Cc1ccccc1. The van der Waals surface area contributed by atoms with E-state index in [1.54, 1.807) is 6.92 Å². The van der Waals surface area contributed by atoms with E-state index >= 15 is 0 Å². The predicted octanol–water partition coefficient (Wildman–Crippen LogP) is 0.962. The molecular formula is C15H15N3O4. The third kappa shape index (κ3) is 5.52. The lowest BCUT2D eigenvalue weighted by Gasteiger charge is -2.13. The third-order valence-corrected chi connectivity index (χ3v) is 2.53. The first kappa shape index (κ1) is 17.0. The normalized spacial score (nSPS) is 12.3. The number of carbonyl (C=O) groups is 3. The Hall–Kier alpha value is -3.05. The van der Waals surface area contributed by atoms with E-state index in [0.717, 1.165) is 5.56 Å². The van der Waals surface area contributed by atoms with Gasteiger partial charge in [-0.2, -0.15) is 4.79 Å². The van der Waals surface area contributed by atoms with Crippen molar-refractivity contribution < 1.29 is 23.9 Å². The van der Waals surface area contributed by atoms with Crippen molar-refractivity contribution in [1.82, 2.24) is 4.90 Å². The second-order valence-corrected chi connectivity index (χ2v) is 4.08. The number of benzene rings is 1. The van der Waals surface area contributed by atoms with Gasteiger partial charge in [0.25, 0.3) is 11.8 Å². The molecule has 1 heterocycles. The molecule has 22 heavy (non-hydrogen) atoms. The Labute approximate surface area is 127 Å². The predicted molar refractivity (Wildman–Crippen MR) is 77.5 cm³/mol. The maximum atomic E-state index is 11.2. The highest BCUT2D eigenvalue weighted by molar-refractivity contribution is 6.20. The molecule has 1 aromatic carbocycles. The molecule has 7 nitrogen and oxygen atoms in total. The Balaban J connectivity index is 0.000000261. The number of hydrogen-bond donors (Lipinski definition) is 0. The van der Waals surface area contributed by atoms with Crippen LogP contribution in [0.4, 0.5) is 0 Å². The fourth-order valence-corrected chi connectivity index (χ4v) is 1.58. The quantitative estimate of drug-likeness (QED) is 0.272. The molecule has 1 aromatic rings. The lowest BCUT2D eigenvalue weighted by Crippen LogP contribution is -2.29. The minimum Gasteiger partial charge on any atom is -0.458 e. The van der Waals surface area contributed by atoms with E-state index in [4.69, 9.17) is 5.53 Å². The van der Waals surface area contributed by atoms with Crippen molar-refractivity contribution in [2.45, 2.75) is 13.5 Å². The number of esters is 1. The van der Waals surface area contributed by atoms with E-state index in [0.29, 0.717) is 19.4 Å². The Bertz CT molecular complexity index is 601. The third-order valence-electron chi connectivity index (χ3n) is 2.53. The van der Waals surface area contributed by atoms with Gasteiger partial charge in [0.1, 0.15) is 0 Å². The zero-order chi connectivity index (χ0) is 16.4. The van der Waals surface area contributed by atoms with E-state index in [-0.39, 0.29) is 11.8 Å². The highest BCUT2D eigenvalue weighted by atomic mass is 16.5. The molecule has 0 spiro atoms. The summed E-state index contributed by atoms with van der Waals surface area (Å²) in [4.78, 5) is 36.2. The molecule has 2 amide bonds. The van der Waals surface area contributed by atoms with Gasteiger partial charge in [-0.15, -0.1) is 0 Å². The summed E-state index contributed by atoms with van der Waals surface area (Å²) in [6.45, 7) is 2.32. The molecule has 7 heteroatoms. The zero-order valence-electron chi connectivity index (χ0n) is 12.0. The van der Waals surface area contributed by atoms with E-state index < -0.39 is 5.97 Å². The summed E-state index contributed by atoms with van der Waals surface area (Å²) in [6, 6.07) is 9.44. The molecular weight excluding hydrogens is 286 g/mol. The first-order valence-corrected chi connectivity index (χ1v) is 6.50. The Kier molecular flexibility index (Phi) is 6.95. The van der Waals surface area contributed by atoms with Gasteiger partial charge >= 0.3 is 12.2 Å². The van der Waals surface area contributed by atoms with Gasteiger partial charge in [-0.3, -0.25) is 14.5 Å². The van der Waals surface area contributed by atoms with Crippen LogP contribution in [0.3, 0.4) is 0 Å². The summed E-state index contributed by atoms with van der Waals surface area (Å²) < 4.78 is 4.33. The summed E-state index contributed by atoms with van der Waals surface area (Å²) in [6.07, 6.45) is 3.29. The van der Waals surface area contributed by atoms with Gasteiger partial charge < -0.3 is 10.3 Å². The van der Waals surface area contributed by atoms with Crippen LogP contribution in [0, 0.1) is 0 Å². The van der Waals surface area contributed by atoms with E-state index in [2.05, 4.69) is 9.53 Å². The molecule has 0 bridgehead atoms. The number of nitrogens with zero attached hydrogens (tertiary/aromatic N) is 3. The molecule has 0 saturated heterocycles. The minimum atomic E-state index is -0.630. The molecule has 0 aromatic heterocycles. The number of carbonyl (C=O) groups excluding carboxylic acids is 3. The summed E-state index contributed by atoms with van der Waals surface area (Å²) in [5, 5.41) is 0. The van der Waals surface area contributed by atoms with Crippen molar-refractivity contribution in [3.63, 3.8) is 0 Å². The number of amides is 2. The van der Waals surface area contributed by atoms with E-state index in [9.17, 15) is 14.4 Å². The van der Waals surface area contributed by atoms with Gasteiger partial charge in [-0.25, -0.2) is 4.79 Å². The Morgan fingerprint density at radius 1 is 1.23 bits per heavy atom. The second kappa shape index (κ2) is 8.99. The monoisotopic (exact) mass is 301 g/mol. The van der Waals surface area contributed by atoms with Gasteiger partial charge in [-0.05, 0) is 12.5 Å². The molecule has 0 aliphatic carbocycles. The molecule has 0 atom stereocenters. The molecule has 1 aliphatic heterocycles. The number of rotatable bonds is 4. The van der Waals surface area contributed by atoms with E-state index in [1.807, 2.05) is 30.3 Å². The first-order valence-electron chi connectivity index (χ1n) is 6.50. The summed E-state index contributed by atoms with van der Waals surface area (Å²) in [5.41, 5.74) is 8.69. The molecule has 0 fully saturated rings. The van der Waals surface area contributed by atoms with Crippen LogP contribution < -0.4 is 0 Å². The second-order valence-electron chi connectivity index (χ2n) is 4.08. The number of ether oxygens (including phenoxy) is 1. The van der Waals surface area contributed by atoms with Crippen LogP contribution in [0.15, 0.2) is 42.5 Å². The molecule has 0 saturated carbocycles. The maximum Gasteiger partial charge on any atom is 0.413 e. The Morgan fingerprint density at radius 2 is 1.82 bits per heavy atom. The first-order chi connectivity index (χ1) is 10.6.